The van der Waals surface area contributed by atoms with Crippen molar-refractivity contribution in [3.8, 4) is 17.1 Å². The highest BCUT2D eigenvalue weighted by Gasteiger charge is 2.09. The average molecular weight is 376 g/mol. The van der Waals surface area contributed by atoms with Crippen LogP contribution in [-0.2, 0) is 17.8 Å². The second-order valence-corrected chi connectivity index (χ2v) is 6.40. The van der Waals surface area contributed by atoms with E-state index < -0.39 is 5.97 Å². The fourth-order valence-electron chi connectivity index (χ4n) is 2.87. The summed E-state index contributed by atoms with van der Waals surface area (Å²) in [5, 5.41) is 12.1. The van der Waals surface area contributed by atoms with Crippen molar-refractivity contribution in [3.63, 3.8) is 0 Å². The number of pyridine rings is 1. The number of hydrogen-bond donors (Lipinski definition) is 2. The molecule has 0 aliphatic heterocycles. The Labute approximate surface area is 165 Å². The van der Waals surface area contributed by atoms with Crippen LogP contribution >= 0.6 is 0 Å². The summed E-state index contributed by atoms with van der Waals surface area (Å²) in [7, 11) is 0. The van der Waals surface area contributed by atoms with Crippen molar-refractivity contribution < 1.29 is 14.6 Å². The van der Waals surface area contributed by atoms with Gasteiger partial charge in [0.25, 0.3) is 0 Å². The zero-order chi connectivity index (χ0) is 19.8. The first-order valence-electron chi connectivity index (χ1n) is 9.38. The minimum atomic E-state index is -0.780. The van der Waals surface area contributed by atoms with E-state index in [1.807, 2.05) is 73.7 Å². The molecule has 0 unspecified atom stereocenters. The molecule has 0 amide bonds. The van der Waals surface area contributed by atoms with Gasteiger partial charge >= 0.3 is 5.97 Å². The van der Waals surface area contributed by atoms with Gasteiger partial charge in [-0.3, -0.25) is 4.79 Å². The van der Waals surface area contributed by atoms with Crippen molar-refractivity contribution in [3.05, 3.63) is 77.9 Å². The molecule has 28 heavy (non-hydrogen) atoms. The number of hydrogen-bond acceptors (Lipinski definition) is 4. The number of anilines is 1. The molecule has 0 atom stereocenters. The summed E-state index contributed by atoms with van der Waals surface area (Å²) in [6.07, 6.45) is 0.679. The van der Waals surface area contributed by atoms with Gasteiger partial charge in [0.1, 0.15) is 0 Å². The molecule has 0 bridgehead atoms. The molecule has 1 heterocycles. The average Bonchev–Trinajstić information content (AvgIpc) is 2.73. The molecule has 2 N–H and O–H groups in total. The number of carbonyl (C=O) groups is 1. The predicted octanol–water partition coefficient (Wildman–Crippen LogP) is 4.78. The van der Waals surface area contributed by atoms with Gasteiger partial charge in [-0.25, -0.2) is 4.98 Å². The number of ether oxygens (including phenoxy) is 1. The lowest BCUT2D eigenvalue weighted by atomic mass is 10.1. The molecular formula is C23H24N2O3. The van der Waals surface area contributed by atoms with Gasteiger partial charge in [-0.2, -0.15) is 0 Å². The largest absolute Gasteiger partial charge is 0.481 e. The zero-order valence-corrected chi connectivity index (χ0v) is 15.9. The number of aromatic nitrogens is 1. The van der Waals surface area contributed by atoms with Crippen molar-refractivity contribution >= 4 is 11.7 Å². The molecule has 0 aliphatic rings. The third kappa shape index (κ3) is 5.33. The highest BCUT2D eigenvalue weighted by molar-refractivity contribution is 5.67. The van der Waals surface area contributed by atoms with Crippen LogP contribution in [-0.4, -0.2) is 22.7 Å². The van der Waals surface area contributed by atoms with Crippen LogP contribution in [0.4, 0.5) is 5.69 Å². The number of nitrogens with zero attached hydrogens (tertiary/aromatic N) is 1. The minimum absolute atomic E-state index is 0.143. The fraction of sp³-hybridized carbons (Fsp3) is 0.217. The number of carboxylic acid groups (broad SMARTS) is 1. The van der Waals surface area contributed by atoms with Crippen LogP contribution in [0.1, 0.15) is 24.5 Å². The van der Waals surface area contributed by atoms with Gasteiger partial charge in [0.05, 0.1) is 12.3 Å². The number of carboxylic acids is 1. The Balaban J connectivity index is 1.68. The fourth-order valence-corrected chi connectivity index (χ4v) is 2.87. The Morgan fingerprint density at radius 2 is 1.79 bits per heavy atom. The number of nitrogens with one attached hydrogen (secondary N) is 1. The quantitative estimate of drug-likeness (QED) is 0.562. The Kier molecular flexibility index (Phi) is 6.63. The lowest BCUT2D eigenvalue weighted by Gasteiger charge is -2.13. The minimum Gasteiger partial charge on any atom is -0.481 e. The lowest BCUT2D eigenvalue weighted by molar-refractivity contribution is -0.136. The number of rotatable bonds is 9. The SMILES string of the molecule is CCOc1nc(-c2ccccc2)ccc1CNc1ccc(CCC(=O)O)cc1. The first kappa shape index (κ1) is 19.4. The summed E-state index contributed by atoms with van der Waals surface area (Å²) in [5.41, 5.74) is 4.90. The lowest BCUT2D eigenvalue weighted by Crippen LogP contribution is -2.05. The van der Waals surface area contributed by atoms with E-state index in [4.69, 9.17) is 9.84 Å². The highest BCUT2D eigenvalue weighted by Crippen LogP contribution is 2.24. The molecular weight excluding hydrogens is 352 g/mol. The summed E-state index contributed by atoms with van der Waals surface area (Å²) < 4.78 is 5.75. The predicted molar refractivity (Wildman–Crippen MR) is 111 cm³/mol. The van der Waals surface area contributed by atoms with Crippen molar-refractivity contribution in [2.24, 2.45) is 0 Å². The molecule has 5 nitrogen and oxygen atoms in total. The van der Waals surface area contributed by atoms with Gasteiger partial charge in [-0.05, 0) is 43.2 Å². The van der Waals surface area contributed by atoms with E-state index in [0.29, 0.717) is 25.5 Å². The maximum atomic E-state index is 10.7. The first-order valence-corrected chi connectivity index (χ1v) is 9.38. The summed E-state index contributed by atoms with van der Waals surface area (Å²) in [6.45, 7) is 3.09. The Hall–Kier alpha value is -3.34. The molecule has 144 valence electrons. The number of benzene rings is 2. The van der Waals surface area contributed by atoms with Gasteiger partial charge in [-0.15, -0.1) is 0 Å². The van der Waals surface area contributed by atoms with Crippen LogP contribution in [0, 0.1) is 0 Å². The Bertz CT molecular complexity index is 909. The van der Waals surface area contributed by atoms with Crippen LogP contribution < -0.4 is 10.1 Å². The van der Waals surface area contributed by atoms with E-state index in [2.05, 4.69) is 10.3 Å². The topological polar surface area (TPSA) is 71.5 Å². The van der Waals surface area contributed by atoms with Gasteiger partial charge < -0.3 is 15.2 Å². The maximum absolute atomic E-state index is 10.7. The third-order valence-electron chi connectivity index (χ3n) is 4.35. The van der Waals surface area contributed by atoms with Crippen molar-refractivity contribution in [2.75, 3.05) is 11.9 Å². The molecule has 0 saturated heterocycles. The molecule has 3 aromatic rings. The van der Waals surface area contributed by atoms with Crippen LogP contribution in [0.3, 0.4) is 0 Å². The molecule has 1 aromatic heterocycles. The van der Waals surface area contributed by atoms with E-state index >= 15 is 0 Å². The van der Waals surface area contributed by atoms with Gasteiger partial charge in [-0.1, -0.05) is 42.5 Å². The van der Waals surface area contributed by atoms with E-state index in [0.717, 1.165) is 28.1 Å². The molecule has 0 aliphatic carbocycles. The third-order valence-corrected chi connectivity index (χ3v) is 4.35. The first-order chi connectivity index (χ1) is 13.7. The molecule has 3 rings (SSSR count). The summed E-state index contributed by atoms with van der Waals surface area (Å²) in [5.74, 6) is -0.147. The standard InChI is InChI=1S/C23H24N2O3/c1-2-28-23-19(11-14-21(25-23)18-6-4-3-5-7-18)16-24-20-12-8-17(9-13-20)10-15-22(26)27/h3-9,11-14,24H,2,10,15-16H2,1H3,(H,26,27). The maximum Gasteiger partial charge on any atom is 0.303 e. The molecule has 0 saturated carbocycles. The molecule has 5 heteroatoms. The van der Waals surface area contributed by atoms with Gasteiger partial charge in [0.2, 0.25) is 5.88 Å². The molecule has 0 spiro atoms. The van der Waals surface area contributed by atoms with Crippen molar-refractivity contribution in [1.29, 1.82) is 0 Å². The second-order valence-electron chi connectivity index (χ2n) is 6.40. The Morgan fingerprint density at radius 1 is 1.04 bits per heavy atom. The van der Waals surface area contributed by atoms with E-state index in [-0.39, 0.29) is 6.42 Å². The number of aliphatic carboxylic acids is 1. The smallest absolute Gasteiger partial charge is 0.303 e. The van der Waals surface area contributed by atoms with Crippen LogP contribution in [0.2, 0.25) is 0 Å². The number of aryl methyl sites for hydroxylation is 1. The van der Waals surface area contributed by atoms with Gasteiger partial charge in [0, 0.05) is 29.8 Å². The molecule has 0 radical (unpaired) electrons. The van der Waals surface area contributed by atoms with E-state index in [1.165, 1.54) is 0 Å². The van der Waals surface area contributed by atoms with Crippen LogP contribution in [0.15, 0.2) is 66.7 Å². The Morgan fingerprint density at radius 3 is 2.46 bits per heavy atom. The van der Waals surface area contributed by atoms with E-state index in [9.17, 15) is 4.79 Å². The zero-order valence-electron chi connectivity index (χ0n) is 15.9. The second kappa shape index (κ2) is 9.55. The van der Waals surface area contributed by atoms with Crippen LogP contribution in [0.25, 0.3) is 11.3 Å². The van der Waals surface area contributed by atoms with Crippen molar-refractivity contribution in [2.45, 2.75) is 26.3 Å². The summed E-state index contributed by atoms with van der Waals surface area (Å²) in [4.78, 5) is 15.4. The normalized spacial score (nSPS) is 10.5. The summed E-state index contributed by atoms with van der Waals surface area (Å²) >= 11 is 0. The molecule has 2 aromatic carbocycles. The molecule has 0 fully saturated rings. The van der Waals surface area contributed by atoms with E-state index in [1.54, 1.807) is 0 Å². The monoisotopic (exact) mass is 376 g/mol. The highest BCUT2D eigenvalue weighted by atomic mass is 16.5. The summed E-state index contributed by atoms with van der Waals surface area (Å²) in [6, 6.07) is 21.9. The van der Waals surface area contributed by atoms with Crippen LogP contribution in [0.5, 0.6) is 5.88 Å². The van der Waals surface area contributed by atoms with Gasteiger partial charge in [0.15, 0.2) is 0 Å². The van der Waals surface area contributed by atoms with Crippen molar-refractivity contribution in [1.82, 2.24) is 4.98 Å².